The Balaban J connectivity index is 1.84. The van der Waals surface area contributed by atoms with Gasteiger partial charge in [0.25, 0.3) is 0 Å². The summed E-state index contributed by atoms with van der Waals surface area (Å²) in [5.74, 6) is 0. The molecule has 6 heteroatoms. The summed E-state index contributed by atoms with van der Waals surface area (Å²) in [6.07, 6.45) is 0.807. The number of nitrogens with two attached hydrogens (primary N) is 1. The van der Waals surface area contributed by atoms with Gasteiger partial charge in [-0.2, -0.15) is 0 Å². The van der Waals surface area contributed by atoms with Crippen LogP contribution in [-0.2, 0) is 9.84 Å². The molecular weight excluding hydrogens is 232 g/mol. The average molecular weight is 244 g/mol. The second-order valence-electron chi connectivity index (χ2n) is 4.09. The summed E-state index contributed by atoms with van der Waals surface area (Å²) in [5.41, 5.74) is 5.73. The Bertz CT molecular complexity index is 456. The smallest absolute Gasteiger partial charge is 0.191 e. The molecule has 3 heterocycles. The molecule has 82 valence electrons. The summed E-state index contributed by atoms with van der Waals surface area (Å²) in [4.78, 5) is 2.05. The highest BCUT2D eigenvalue weighted by Crippen LogP contribution is 2.39. The van der Waals surface area contributed by atoms with Crippen molar-refractivity contribution in [1.82, 2.24) is 4.90 Å². The Hall–Kier alpha value is -0.430. The Kier molecular flexibility index (Phi) is 1.98. The summed E-state index contributed by atoms with van der Waals surface area (Å²) in [7, 11) is -3.10. The molecule has 2 aliphatic rings. The van der Waals surface area contributed by atoms with E-state index in [1.807, 2.05) is 0 Å². The first kappa shape index (κ1) is 9.77. The molecular formula is C9H12N2O2S2. The van der Waals surface area contributed by atoms with Crippen LogP contribution >= 0.6 is 11.3 Å². The molecule has 0 saturated carbocycles. The van der Waals surface area contributed by atoms with E-state index in [0.717, 1.165) is 0 Å². The van der Waals surface area contributed by atoms with Gasteiger partial charge in [-0.3, -0.25) is 4.90 Å². The van der Waals surface area contributed by atoms with Crippen LogP contribution in [0.15, 0.2) is 21.7 Å². The van der Waals surface area contributed by atoms with E-state index in [1.54, 1.807) is 17.5 Å². The van der Waals surface area contributed by atoms with E-state index in [4.69, 9.17) is 5.73 Å². The fourth-order valence-electron chi connectivity index (χ4n) is 2.28. The van der Waals surface area contributed by atoms with Gasteiger partial charge in [0, 0.05) is 12.6 Å². The Morgan fingerprint density at radius 2 is 2.33 bits per heavy atom. The summed E-state index contributed by atoms with van der Waals surface area (Å²) < 4.78 is 24.7. The van der Waals surface area contributed by atoms with Crippen molar-refractivity contribution in [3.8, 4) is 0 Å². The molecule has 15 heavy (non-hydrogen) atoms. The molecule has 2 aliphatic heterocycles. The summed E-state index contributed by atoms with van der Waals surface area (Å²) in [6, 6.07) is 3.77. The topological polar surface area (TPSA) is 63.2 Å². The van der Waals surface area contributed by atoms with Crippen LogP contribution in [-0.4, -0.2) is 37.3 Å². The molecule has 0 aromatic carbocycles. The molecule has 1 aromatic heterocycles. The van der Waals surface area contributed by atoms with E-state index < -0.39 is 9.84 Å². The fraction of sp³-hybridized carbons (Fsp3) is 0.556. The number of fused-ring (bicyclic) bond motifs is 1. The van der Waals surface area contributed by atoms with E-state index in [2.05, 4.69) is 4.90 Å². The maximum Gasteiger partial charge on any atom is 0.191 e. The first-order chi connectivity index (χ1) is 7.10. The number of hydrogen-bond acceptors (Lipinski definition) is 5. The van der Waals surface area contributed by atoms with Gasteiger partial charge in [-0.1, -0.05) is 6.07 Å². The molecule has 2 N–H and O–H groups in total. The van der Waals surface area contributed by atoms with Gasteiger partial charge in [0.2, 0.25) is 0 Å². The highest BCUT2D eigenvalue weighted by Gasteiger charge is 2.55. The minimum atomic E-state index is -3.10. The molecule has 1 aromatic rings. The zero-order valence-electron chi connectivity index (χ0n) is 8.04. The zero-order valence-corrected chi connectivity index (χ0v) is 9.67. The molecule has 0 amide bonds. The fourth-order valence-corrected chi connectivity index (χ4v) is 5.25. The Morgan fingerprint density at radius 1 is 1.53 bits per heavy atom. The molecule has 2 fully saturated rings. The third-order valence-corrected chi connectivity index (χ3v) is 6.81. The van der Waals surface area contributed by atoms with Gasteiger partial charge in [0.15, 0.2) is 9.84 Å². The van der Waals surface area contributed by atoms with Crippen molar-refractivity contribution in [3.05, 3.63) is 17.5 Å². The van der Waals surface area contributed by atoms with Gasteiger partial charge >= 0.3 is 0 Å². The lowest BCUT2D eigenvalue weighted by Crippen LogP contribution is -2.29. The number of thiophene rings is 1. The van der Waals surface area contributed by atoms with Crippen LogP contribution < -0.4 is 5.73 Å². The summed E-state index contributed by atoms with van der Waals surface area (Å²) in [6.45, 7) is 0.603. The first-order valence-corrected chi connectivity index (χ1v) is 7.32. The predicted molar refractivity (Wildman–Crippen MR) is 58.4 cm³/mol. The third kappa shape index (κ3) is 1.36. The lowest BCUT2D eigenvalue weighted by molar-refractivity contribution is 0.523. The normalized spacial score (nSPS) is 39.0. The van der Waals surface area contributed by atoms with Crippen LogP contribution in [0.25, 0.3) is 0 Å². The number of sulfone groups is 1. The van der Waals surface area contributed by atoms with Gasteiger partial charge in [-0.25, -0.2) is 8.42 Å². The quantitative estimate of drug-likeness (QED) is 0.758. The van der Waals surface area contributed by atoms with E-state index in [1.165, 1.54) is 11.3 Å². The van der Waals surface area contributed by atoms with Crippen molar-refractivity contribution in [1.29, 1.82) is 0 Å². The molecule has 0 radical (unpaired) electrons. The second kappa shape index (κ2) is 3.04. The largest absolute Gasteiger partial charge is 0.314 e. The van der Waals surface area contributed by atoms with Crippen molar-refractivity contribution in [2.24, 2.45) is 5.73 Å². The van der Waals surface area contributed by atoms with E-state index in [-0.39, 0.29) is 11.4 Å². The third-order valence-electron chi connectivity index (χ3n) is 3.25. The molecule has 3 rings (SSSR count). The van der Waals surface area contributed by atoms with Gasteiger partial charge < -0.3 is 5.73 Å². The van der Waals surface area contributed by atoms with Crippen molar-refractivity contribution in [2.75, 3.05) is 6.54 Å². The lowest BCUT2D eigenvalue weighted by Gasteiger charge is -2.12. The van der Waals surface area contributed by atoms with E-state index in [9.17, 15) is 8.42 Å². The van der Waals surface area contributed by atoms with Crippen LogP contribution in [0, 0.1) is 0 Å². The Morgan fingerprint density at radius 3 is 2.87 bits per heavy atom. The van der Waals surface area contributed by atoms with Crippen LogP contribution in [0.5, 0.6) is 0 Å². The van der Waals surface area contributed by atoms with Crippen LogP contribution in [0.3, 0.4) is 0 Å². The predicted octanol–water partition coefficient (Wildman–Crippen LogP) is 0.263. The maximum atomic E-state index is 12.1. The molecule has 4 atom stereocenters. The standard InChI is InChI=1S/C9H12N2O2S2/c10-9-7-4-6(5-11(7)9)15(12,13)8-2-1-3-14-8/h1-3,6-7,9H,4-5,10H2. The van der Waals surface area contributed by atoms with Crippen LogP contribution in [0.4, 0.5) is 0 Å². The van der Waals surface area contributed by atoms with Crippen molar-refractivity contribution in [2.45, 2.75) is 28.1 Å². The zero-order chi connectivity index (χ0) is 10.6. The number of rotatable bonds is 2. The maximum absolute atomic E-state index is 12.1. The monoisotopic (exact) mass is 244 g/mol. The molecule has 0 bridgehead atoms. The van der Waals surface area contributed by atoms with Gasteiger partial charge in [-0.05, 0) is 17.9 Å². The SMILES string of the molecule is NC1C2CC(S(=O)(=O)c3cccs3)CN12. The second-order valence-corrected chi connectivity index (χ2v) is 7.49. The van der Waals surface area contributed by atoms with Crippen LogP contribution in [0.1, 0.15) is 6.42 Å². The summed E-state index contributed by atoms with van der Waals surface area (Å²) in [5, 5.41) is 1.55. The minimum Gasteiger partial charge on any atom is -0.314 e. The van der Waals surface area contributed by atoms with Crippen molar-refractivity contribution in [3.63, 3.8) is 0 Å². The van der Waals surface area contributed by atoms with Crippen molar-refractivity contribution >= 4 is 21.2 Å². The molecule has 4 nitrogen and oxygen atoms in total. The molecule has 2 saturated heterocycles. The van der Waals surface area contributed by atoms with Gasteiger partial charge in [0.1, 0.15) is 4.21 Å². The highest BCUT2D eigenvalue weighted by atomic mass is 32.2. The Labute approximate surface area is 92.6 Å². The average Bonchev–Trinajstić information content (AvgIpc) is 2.78. The molecule has 0 aliphatic carbocycles. The van der Waals surface area contributed by atoms with Crippen molar-refractivity contribution < 1.29 is 8.42 Å². The van der Waals surface area contributed by atoms with Gasteiger partial charge in [-0.15, -0.1) is 11.3 Å². The van der Waals surface area contributed by atoms with E-state index in [0.29, 0.717) is 23.2 Å². The number of nitrogens with zero attached hydrogens (tertiary/aromatic N) is 1. The molecule has 4 unspecified atom stereocenters. The number of hydrogen-bond donors (Lipinski definition) is 1. The highest BCUT2D eigenvalue weighted by molar-refractivity contribution is 7.94. The number of piperidine rings is 1. The van der Waals surface area contributed by atoms with E-state index >= 15 is 0 Å². The minimum absolute atomic E-state index is 0.111. The molecule has 0 spiro atoms. The lowest BCUT2D eigenvalue weighted by atomic mass is 10.2. The van der Waals surface area contributed by atoms with Crippen LogP contribution in [0.2, 0.25) is 0 Å². The van der Waals surface area contributed by atoms with Gasteiger partial charge in [0.05, 0.1) is 11.4 Å². The first-order valence-electron chi connectivity index (χ1n) is 4.89. The summed E-state index contributed by atoms with van der Waals surface area (Å²) >= 11 is 1.30.